The molecular formula is C31H24ClFN8O3. The Balaban J connectivity index is 1.37. The summed E-state index contributed by atoms with van der Waals surface area (Å²) in [5.41, 5.74) is 4.38. The number of nitrogens with one attached hydrogen (secondary N) is 1. The zero-order chi connectivity index (χ0) is 30.6. The van der Waals surface area contributed by atoms with E-state index in [1.165, 1.54) is 30.4 Å². The quantitative estimate of drug-likeness (QED) is 0.175. The van der Waals surface area contributed by atoms with Crippen LogP contribution in [0.5, 0.6) is 0 Å². The van der Waals surface area contributed by atoms with Gasteiger partial charge >= 0.3 is 6.09 Å². The van der Waals surface area contributed by atoms with Gasteiger partial charge in [-0.15, -0.1) is 5.10 Å². The van der Waals surface area contributed by atoms with Gasteiger partial charge in [-0.25, -0.2) is 9.18 Å². The summed E-state index contributed by atoms with van der Waals surface area (Å²) in [6.45, 7) is 0. The molecule has 0 spiro atoms. The van der Waals surface area contributed by atoms with Gasteiger partial charge in [-0.2, -0.15) is 14.5 Å². The number of carbonyl (C=O) groups is 1. The van der Waals surface area contributed by atoms with Crippen molar-refractivity contribution in [3.8, 4) is 27.9 Å². The van der Waals surface area contributed by atoms with Crippen molar-refractivity contribution < 1.29 is 18.7 Å². The van der Waals surface area contributed by atoms with Crippen LogP contribution in [0.4, 0.5) is 14.9 Å². The van der Waals surface area contributed by atoms with Crippen LogP contribution >= 0.6 is 11.6 Å². The van der Waals surface area contributed by atoms with E-state index in [1.54, 1.807) is 41.2 Å². The number of rotatable bonds is 8. The van der Waals surface area contributed by atoms with E-state index in [2.05, 4.69) is 30.7 Å². The van der Waals surface area contributed by atoms with E-state index in [0.717, 1.165) is 21.4 Å². The highest BCUT2D eigenvalue weighted by Gasteiger charge is 2.26. The summed E-state index contributed by atoms with van der Waals surface area (Å²) in [6, 6.07) is 22.8. The summed E-state index contributed by atoms with van der Waals surface area (Å²) >= 11 is 6.12. The molecule has 13 heteroatoms. The van der Waals surface area contributed by atoms with Crippen molar-refractivity contribution >= 4 is 23.4 Å². The minimum absolute atomic E-state index is 0.0899. The summed E-state index contributed by atoms with van der Waals surface area (Å²) in [7, 11) is 1.30. The van der Waals surface area contributed by atoms with Crippen LogP contribution in [0, 0.1) is 11.0 Å². The van der Waals surface area contributed by atoms with Crippen LogP contribution in [-0.4, -0.2) is 43.2 Å². The first-order valence-electron chi connectivity index (χ1n) is 13.4. The van der Waals surface area contributed by atoms with Gasteiger partial charge in [-0.3, -0.25) is 10.00 Å². The molecule has 0 aliphatic carbocycles. The van der Waals surface area contributed by atoms with Crippen LogP contribution in [0.25, 0.3) is 27.9 Å². The molecule has 3 aromatic heterocycles. The molecule has 0 radical (unpaired) electrons. The van der Waals surface area contributed by atoms with E-state index in [1.807, 2.05) is 48.7 Å². The Morgan fingerprint density at radius 2 is 1.82 bits per heavy atom. The highest BCUT2D eigenvalue weighted by Crippen LogP contribution is 2.34. The molecule has 3 aromatic carbocycles. The van der Waals surface area contributed by atoms with E-state index in [0.29, 0.717) is 29.1 Å². The standard InChI is InChI=1S/C31H24ClFN8O3/c1-44-31(42)36-24-10-7-21(8-11-24)23-16-35-39(17-23)28(15-20-5-3-2-4-6-20)26-13-9-22(18-41(26)43)29-27(40-19-34-37-38-40)14-12-25(32)30(29)33/h2-14,16-19,28H,15H2,1H3,(H,36,42). The molecule has 1 amide bonds. The number of pyridine rings is 1. The van der Waals surface area contributed by atoms with E-state index < -0.39 is 18.0 Å². The molecule has 6 aromatic rings. The lowest BCUT2D eigenvalue weighted by Crippen LogP contribution is -2.36. The Bertz CT molecular complexity index is 1920. The van der Waals surface area contributed by atoms with Crippen molar-refractivity contribution in [1.29, 1.82) is 0 Å². The smallest absolute Gasteiger partial charge is 0.411 e. The fourth-order valence-corrected chi connectivity index (χ4v) is 5.08. The predicted molar refractivity (Wildman–Crippen MR) is 160 cm³/mol. The van der Waals surface area contributed by atoms with Gasteiger partial charge in [0.05, 0.1) is 35.1 Å². The normalized spacial score (nSPS) is 11.7. The molecule has 1 N–H and O–H groups in total. The first kappa shape index (κ1) is 28.5. The molecule has 1 unspecified atom stereocenters. The highest BCUT2D eigenvalue weighted by molar-refractivity contribution is 6.31. The second-order valence-electron chi connectivity index (χ2n) is 9.79. The fraction of sp³-hybridized carbons (Fsp3) is 0.0968. The first-order chi connectivity index (χ1) is 21.4. The van der Waals surface area contributed by atoms with Crippen molar-refractivity contribution in [2.75, 3.05) is 12.4 Å². The molecule has 0 aliphatic rings. The number of nitrogens with zero attached hydrogens (tertiary/aromatic N) is 7. The monoisotopic (exact) mass is 610 g/mol. The SMILES string of the molecule is COC(=O)Nc1ccc(-c2cnn(C(Cc3ccccc3)c3ccc(-c4c(-n5cnnn5)ccc(Cl)c4F)c[n+]3[O-])c2)cc1. The second-order valence-corrected chi connectivity index (χ2v) is 10.2. The number of anilines is 1. The van der Waals surface area contributed by atoms with Gasteiger partial charge in [0, 0.05) is 29.9 Å². The molecule has 0 fully saturated rings. The third kappa shape index (κ3) is 5.83. The maximum absolute atomic E-state index is 15.4. The van der Waals surface area contributed by atoms with Crippen molar-refractivity contribution in [2.45, 2.75) is 12.5 Å². The van der Waals surface area contributed by atoms with Gasteiger partial charge in [0.15, 0.2) is 12.0 Å². The van der Waals surface area contributed by atoms with Gasteiger partial charge in [0.1, 0.15) is 12.4 Å². The van der Waals surface area contributed by atoms with Crippen LogP contribution in [0.15, 0.2) is 104 Å². The average Bonchev–Trinajstić information content (AvgIpc) is 3.76. The molecule has 0 saturated carbocycles. The van der Waals surface area contributed by atoms with Crippen molar-refractivity contribution in [1.82, 2.24) is 30.0 Å². The maximum atomic E-state index is 15.4. The number of methoxy groups -OCH3 is 1. The van der Waals surface area contributed by atoms with Gasteiger partial charge < -0.3 is 9.94 Å². The molecule has 0 saturated heterocycles. The molecule has 220 valence electrons. The second kappa shape index (κ2) is 12.3. The Morgan fingerprint density at radius 3 is 2.52 bits per heavy atom. The summed E-state index contributed by atoms with van der Waals surface area (Å²) in [4.78, 5) is 11.5. The molecular weight excluding hydrogens is 587 g/mol. The maximum Gasteiger partial charge on any atom is 0.411 e. The van der Waals surface area contributed by atoms with Crippen LogP contribution in [0.2, 0.25) is 5.02 Å². The highest BCUT2D eigenvalue weighted by atomic mass is 35.5. The largest absolute Gasteiger partial charge is 0.618 e. The van der Waals surface area contributed by atoms with E-state index in [-0.39, 0.29) is 10.6 Å². The molecule has 0 aliphatic heterocycles. The Morgan fingerprint density at radius 1 is 1.05 bits per heavy atom. The number of tetrazole rings is 1. The van der Waals surface area contributed by atoms with Crippen molar-refractivity contribution in [3.05, 3.63) is 131 Å². The Hall–Kier alpha value is -5.62. The molecule has 0 bridgehead atoms. The third-order valence-electron chi connectivity index (χ3n) is 7.09. The zero-order valence-corrected chi connectivity index (χ0v) is 24.0. The lowest BCUT2D eigenvalue weighted by Gasteiger charge is -2.18. The molecule has 11 nitrogen and oxygen atoms in total. The number of aromatic nitrogens is 7. The number of hydrogen-bond acceptors (Lipinski definition) is 7. The average molecular weight is 611 g/mol. The number of amides is 1. The topological polar surface area (TPSA) is 127 Å². The number of hydrogen-bond donors (Lipinski definition) is 1. The van der Waals surface area contributed by atoms with Crippen molar-refractivity contribution in [3.63, 3.8) is 0 Å². The molecule has 6 rings (SSSR count). The third-order valence-corrected chi connectivity index (χ3v) is 7.38. The Labute approximate surface area is 255 Å². The zero-order valence-electron chi connectivity index (χ0n) is 23.2. The van der Waals surface area contributed by atoms with Gasteiger partial charge in [-0.05, 0) is 51.9 Å². The minimum Gasteiger partial charge on any atom is -0.618 e. The van der Waals surface area contributed by atoms with Gasteiger partial charge in [0.25, 0.3) is 0 Å². The van der Waals surface area contributed by atoms with E-state index >= 15 is 4.39 Å². The number of ether oxygens (including phenoxy) is 1. The van der Waals surface area contributed by atoms with E-state index in [9.17, 15) is 10.0 Å². The number of benzene rings is 3. The molecule has 3 heterocycles. The van der Waals surface area contributed by atoms with Crippen molar-refractivity contribution in [2.24, 2.45) is 0 Å². The van der Waals surface area contributed by atoms with Gasteiger partial charge in [0.2, 0.25) is 5.69 Å². The predicted octanol–water partition coefficient (Wildman–Crippen LogP) is 5.63. The summed E-state index contributed by atoms with van der Waals surface area (Å²) < 4.78 is 23.8. The van der Waals surface area contributed by atoms with Crippen LogP contribution in [-0.2, 0) is 11.2 Å². The molecule has 1 atom stereocenters. The lowest BCUT2D eigenvalue weighted by atomic mass is 10.00. The lowest BCUT2D eigenvalue weighted by molar-refractivity contribution is -0.615. The Kier molecular flexibility index (Phi) is 7.98. The summed E-state index contributed by atoms with van der Waals surface area (Å²) in [5, 5.41) is 31.9. The minimum atomic E-state index is -0.697. The van der Waals surface area contributed by atoms with Gasteiger partial charge in [-0.1, -0.05) is 54.1 Å². The number of carbonyl (C=O) groups excluding carboxylic acids is 1. The van der Waals surface area contributed by atoms with Crippen LogP contribution < -0.4 is 10.0 Å². The molecule has 44 heavy (non-hydrogen) atoms. The fourth-order valence-electron chi connectivity index (χ4n) is 4.92. The number of halogens is 2. The summed E-state index contributed by atoms with van der Waals surface area (Å²) in [6.07, 6.45) is 6.12. The van der Waals surface area contributed by atoms with Crippen LogP contribution in [0.3, 0.4) is 0 Å². The van der Waals surface area contributed by atoms with E-state index in [4.69, 9.17) is 11.6 Å². The first-order valence-corrected chi connectivity index (χ1v) is 13.8. The summed E-state index contributed by atoms with van der Waals surface area (Å²) in [5.74, 6) is -0.697. The van der Waals surface area contributed by atoms with Crippen LogP contribution in [0.1, 0.15) is 17.3 Å².